The normalized spacial score (nSPS) is 0. The van der Waals surface area contributed by atoms with Gasteiger partial charge in [-0.3, -0.25) is 0 Å². The van der Waals surface area contributed by atoms with Crippen molar-refractivity contribution in [3.8, 4) is 0 Å². The van der Waals surface area contributed by atoms with Crippen molar-refractivity contribution in [2.45, 2.75) is 0 Å². The second kappa shape index (κ2) is 15.7. The molecule has 4 heavy (non-hydrogen) atoms. The van der Waals surface area contributed by atoms with Crippen molar-refractivity contribution in [2.75, 3.05) is 0 Å². The fraction of sp³-hybridized carbons (Fsp3) is 0. The van der Waals surface area contributed by atoms with E-state index in [1.165, 1.54) is 0 Å². The van der Waals surface area contributed by atoms with E-state index >= 15 is 0 Å². The molecule has 0 radical (unpaired) electrons. The Morgan fingerprint density at radius 3 is 1.00 bits per heavy atom. The molecule has 0 N–H and O–H groups in total. The second-order valence-electron chi connectivity index (χ2n) is 0. The van der Waals surface area contributed by atoms with Gasteiger partial charge in [-0.15, -0.1) is 0 Å². The van der Waals surface area contributed by atoms with Gasteiger partial charge in [0.1, 0.15) is 0 Å². The molecule has 0 nitrogen and oxygen atoms in total. The van der Waals surface area contributed by atoms with Crippen LogP contribution in [0.5, 0.6) is 0 Å². The van der Waals surface area contributed by atoms with E-state index in [0.29, 0.717) is 0 Å². The van der Waals surface area contributed by atoms with Crippen LogP contribution >= 0.6 is 0 Å². The third kappa shape index (κ3) is 9.61. The van der Waals surface area contributed by atoms with Crippen LogP contribution < -0.4 is 0 Å². The fourth-order valence-electron chi connectivity index (χ4n) is 0. The van der Waals surface area contributed by atoms with Crippen LogP contribution in [0.3, 0.4) is 0 Å². The number of hydrogen-bond acceptors (Lipinski definition) is 0. The predicted octanol–water partition coefficient (Wildman–Crippen LogP) is -3.93. The summed E-state index contributed by atoms with van der Waals surface area (Å²) in [4.78, 5) is 0. The monoisotopic (exact) mass is 286 g/mol. The first-order valence-electron chi connectivity index (χ1n) is 0. The first-order chi connectivity index (χ1) is 0. The fourth-order valence-corrected chi connectivity index (χ4v) is 0. The summed E-state index contributed by atoms with van der Waals surface area (Å²) in [6.45, 7) is 0. The molecule has 0 aromatic heterocycles. The van der Waals surface area contributed by atoms with Gasteiger partial charge in [0, 0.05) is 0 Å². The molecule has 0 saturated carbocycles. The summed E-state index contributed by atoms with van der Waals surface area (Å²) < 4.78 is 0. The van der Waals surface area contributed by atoms with E-state index in [4.69, 9.17) is 0 Å². The number of rotatable bonds is 0. The molecule has 0 aromatic carbocycles. The molecule has 4 heteroatoms. The maximum atomic E-state index is 0. The summed E-state index contributed by atoms with van der Waals surface area (Å²) >= 11 is 0. The maximum absolute atomic E-state index is 0. The van der Waals surface area contributed by atoms with Crippen LogP contribution in [0, 0.1) is 0 Å². The first-order valence-corrected chi connectivity index (χ1v) is 0. The van der Waals surface area contributed by atoms with Crippen molar-refractivity contribution in [1.82, 2.24) is 0 Å². The average Bonchev–Trinajstić information content (AvgIpc) is 0. The molecule has 0 bridgehead atoms. The van der Waals surface area contributed by atoms with Crippen LogP contribution in [-0.4, -0.2) is 135 Å². The molecule has 0 atom stereocenters. The third-order valence-electron chi connectivity index (χ3n) is 0. The molecule has 0 fully saturated rings. The SMILES string of the molecule is [AlH3].[BaH2].[MgH2].[SrH2]. The quantitative estimate of drug-likeness (QED) is 0.399. The van der Waals surface area contributed by atoms with Crippen molar-refractivity contribution in [2.24, 2.45) is 0 Å². The van der Waals surface area contributed by atoms with Crippen molar-refractivity contribution in [3.63, 3.8) is 0 Å². The van der Waals surface area contributed by atoms with Gasteiger partial charge in [0.15, 0.2) is 17.4 Å². The van der Waals surface area contributed by atoms with Crippen molar-refractivity contribution in [3.05, 3.63) is 0 Å². The van der Waals surface area contributed by atoms with Gasteiger partial charge in [0.25, 0.3) is 0 Å². The molecule has 0 saturated heterocycles. The Morgan fingerprint density at radius 1 is 1.00 bits per heavy atom. The molecule has 0 aliphatic heterocycles. The van der Waals surface area contributed by atoms with Crippen LogP contribution in [0.25, 0.3) is 0 Å². The van der Waals surface area contributed by atoms with Crippen LogP contribution in [0.2, 0.25) is 0 Å². The molecule has 18 valence electrons. The van der Waals surface area contributed by atoms with Crippen molar-refractivity contribution in [1.29, 1.82) is 0 Å². The zero-order chi connectivity index (χ0) is 0. The number of hydrogen-bond donors (Lipinski definition) is 0. The van der Waals surface area contributed by atoms with Gasteiger partial charge in [-0.05, 0) is 0 Å². The summed E-state index contributed by atoms with van der Waals surface area (Å²) in [5, 5.41) is 0. The van der Waals surface area contributed by atoms with Crippen LogP contribution in [-0.2, 0) is 0 Å². The second-order valence-corrected chi connectivity index (χ2v) is 0. The Balaban J connectivity index is 0. The van der Waals surface area contributed by atoms with Gasteiger partial charge >= 0.3 is 117 Å². The standard InChI is InChI=1S/Al.Ba.Mg.Sr.9H. The predicted molar refractivity (Wildman–Crippen MR) is 35.6 cm³/mol. The zero-order valence-electron chi connectivity index (χ0n) is 0. The van der Waals surface area contributed by atoms with E-state index in [0.717, 1.165) is 0 Å². The van der Waals surface area contributed by atoms with Crippen LogP contribution in [0.1, 0.15) is 0 Å². The Bertz CT molecular complexity index is 8.00. The molecule has 0 rings (SSSR count). The van der Waals surface area contributed by atoms with Crippen molar-refractivity contribution < 1.29 is 0 Å². The van der Waals surface area contributed by atoms with E-state index in [1.54, 1.807) is 0 Å². The topological polar surface area (TPSA) is 0 Å². The van der Waals surface area contributed by atoms with Gasteiger partial charge in [0.05, 0.1) is 0 Å². The van der Waals surface area contributed by atoms with E-state index in [9.17, 15) is 0 Å². The van der Waals surface area contributed by atoms with E-state index in [-0.39, 0.29) is 135 Å². The minimum absolute atomic E-state index is 0. The average molecular weight is 285 g/mol. The molecule has 0 amide bonds. The van der Waals surface area contributed by atoms with Crippen LogP contribution in [0.15, 0.2) is 0 Å². The summed E-state index contributed by atoms with van der Waals surface area (Å²) in [5.41, 5.74) is 0. The summed E-state index contributed by atoms with van der Waals surface area (Å²) in [6.07, 6.45) is 0. The Labute approximate surface area is 130 Å². The molecular weight excluding hydrogens is 276 g/mol. The van der Waals surface area contributed by atoms with Crippen LogP contribution in [0.4, 0.5) is 0 Å². The molecule has 0 heterocycles. The van der Waals surface area contributed by atoms with Gasteiger partial charge in [-0.1, -0.05) is 0 Å². The summed E-state index contributed by atoms with van der Waals surface area (Å²) in [6, 6.07) is 0. The zero-order valence-corrected chi connectivity index (χ0v) is 0. The summed E-state index contributed by atoms with van der Waals surface area (Å²) in [7, 11) is 0. The van der Waals surface area contributed by atoms with E-state index in [2.05, 4.69) is 0 Å². The molecule has 0 aromatic rings. The summed E-state index contributed by atoms with van der Waals surface area (Å²) in [5.74, 6) is 0. The molecule has 0 spiro atoms. The van der Waals surface area contributed by atoms with Crippen molar-refractivity contribution >= 4 is 135 Å². The van der Waals surface area contributed by atoms with E-state index in [1.807, 2.05) is 0 Å². The molecule has 0 unspecified atom stereocenters. The molecule has 0 aliphatic carbocycles. The first kappa shape index (κ1) is 23.8. The van der Waals surface area contributed by atoms with Gasteiger partial charge in [0.2, 0.25) is 0 Å². The minimum atomic E-state index is 0. The Hall–Kier alpha value is 4.35. The van der Waals surface area contributed by atoms with E-state index < -0.39 is 0 Å². The molecular formula is H9AlBaMgSr. The Morgan fingerprint density at radius 2 is 1.00 bits per heavy atom. The van der Waals surface area contributed by atoms with Gasteiger partial charge in [-0.25, -0.2) is 0 Å². The molecule has 0 aliphatic rings. The third-order valence-corrected chi connectivity index (χ3v) is 0. The Kier molecular flexibility index (Phi) is 93.3. The van der Waals surface area contributed by atoms with Gasteiger partial charge in [-0.2, -0.15) is 0 Å². The van der Waals surface area contributed by atoms with Gasteiger partial charge < -0.3 is 0 Å².